The molecular formula is C11H13ClN4O2S2. The molecule has 108 valence electrons. The Morgan fingerprint density at radius 1 is 1.55 bits per heavy atom. The van der Waals surface area contributed by atoms with Crippen LogP contribution in [0.3, 0.4) is 0 Å². The maximum Gasteiger partial charge on any atom is 0.277 e. The number of carbonyl (C=O) groups excluding carboxylic acids is 1. The van der Waals surface area contributed by atoms with E-state index in [1.54, 1.807) is 11.9 Å². The van der Waals surface area contributed by atoms with Crippen molar-refractivity contribution in [3.63, 3.8) is 0 Å². The molecule has 0 saturated heterocycles. The van der Waals surface area contributed by atoms with Gasteiger partial charge in [0.15, 0.2) is 0 Å². The van der Waals surface area contributed by atoms with Gasteiger partial charge in [0.1, 0.15) is 0 Å². The van der Waals surface area contributed by atoms with Gasteiger partial charge in [0, 0.05) is 11.9 Å². The van der Waals surface area contributed by atoms with Gasteiger partial charge in [0.05, 0.1) is 23.2 Å². The lowest BCUT2D eigenvalue weighted by Crippen LogP contribution is -2.27. The van der Waals surface area contributed by atoms with Gasteiger partial charge in [-0.05, 0) is 12.1 Å². The molecule has 2 aromatic heterocycles. The Balaban J connectivity index is 1.81. The van der Waals surface area contributed by atoms with Gasteiger partial charge in [-0.3, -0.25) is 4.79 Å². The first kappa shape index (κ1) is 15.3. The number of hydrogen-bond donors (Lipinski definition) is 1. The number of carbonyl (C=O) groups is 1. The van der Waals surface area contributed by atoms with Gasteiger partial charge in [-0.2, -0.15) is 0 Å². The molecule has 0 bridgehead atoms. The summed E-state index contributed by atoms with van der Waals surface area (Å²) in [6, 6.07) is 3.73. The summed E-state index contributed by atoms with van der Waals surface area (Å²) in [7, 11) is 1.75. The summed E-state index contributed by atoms with van der Waals surface area (Å²) in [6.07, 6.45) is 0. The fourth-order valence-corrected chi connectivity index (χ4v) is 3.23. The quantitative estimate of drug-likeness (QED) is 0.814. The summed E-state index contributed by atoms with van der Waals surface area (Å²) in [5.41, 5.74) is 5.36. The molecule has 0 aliphatic carbocycles. The molecule has 2 N–H and O–H groups in total. The van der Waals surface area contributed by atoms with E-state index in [9.17, 15) is 4.79 Å². The zero-order chi connectivity index (χ0) is 14.5. The van der Waals surface area contributed by atoms with Crippen LogP contribution < -0.4 is 5.73 Å². The standard InChI is InChI=1S/C11H13ClN4O2S2/c1-16(5-7-2-3-8(12)20-7)10(17)6-19-11-15-14-9(4-13)18-11/h2-3H,4-6,13H2,1H3. The molecule has 0 saturated carbocycles. The maximum atomic E-state index is 12.0. The molecule has 9 heteroatoms. The molecule has 0 atom stereocenters. The summed E-state index contributed by atoms with van der Waals surface area (Å²) >= 11 is 8.52. The third-order valence-electron chi connectivity index (χ3n) is 2.39. The van der Waals surface area contributed by atoms with Crippen LogP contribution in [0.4, 0.5) is 0 Å². The Labute approximate surface area is 129 Å². The lowest BCUT2D eigenvalue weighted by atomic mass is 10.4. The zero-order valence-corrected chi connectivity index (χ0v) is 13.1. The number of halogens is 1. The molecule has 2 rings (SSSR count). The van der Waals surface area contributed by atoms with Crippen LogP contribution in [0.2, 0.25) is 4.34 Å². The van der Waals surface area contributed by atoms with Crippen LogP contribution in [-0.2, 0) is 17.9 Å². The predicted molar refractivity (Wildman–Crippen MR) is 78.7 cm³/mol. The Kier molecular flexibility index (Phi) is 5.41. The molecule has 0 spiro atoms. The number of rotatable bonds is 6. The van der Waals surface area contributed by atoms with Crippen LogP contribution in [0.5, 0.6) is 0 Å². The minimum atomic E-state index is -0.0213. The minimum Gasteiger partial charge on any atom is -0.415 e. The molecule has 0 aromatic carbocycles. The van der Waals surface area contributed by atoms with E-state index in [2.05, 4.69) is 10.2 Å². The number of thioether (sulfide) groups is 1. The predicted octanol–water partition coefficient (Wildman–Crippen LogP) is 1.99. The molecule has 1 amide bonds. The Hall–Kier alpha value is -1.09. The van der Waals surface area contributed by atoms with Gasteiger partial charge in [0.2, 0.25) is 11.8 Å². The average molecular weight is 333 g/mol. The van der Waals surface area contributed by atoms with Crippen molar-refractivity contribution in [3.05, 3.63) is 27.2 Å². The monoisotopic (exact) mass is 332 g/mol. The van der Waals surface area contributed by atoms with E-state index in [1.807, 2.05) is 12.1 Å². The van der Waals surface area contributed by atoms with Crippen molar-refractivity contribution in [2.75, 3.05) is 12.8 Å². The molecule has 0 fully saturated rings. The number of aromatic nitrogens is 2. The van der Waals surface area contributed by atoms with Gasteiger partial charge in [-0.15, -0.1) is 21.5 Å². The Morgan fingerprint density at radius 3 is 2.95 bits per heavy atom. The van der Waals surface area contributed by atoms with Crippen LogP contribution in [0, 0.1) is 0 Å². The smallest absolute Gasteiger partial charge is 0.277 e. The van der Waals surface area contributed by atoms with Crippen molar-refractivity contribution < 1.29 is 9.21 Å². The fourth-order valence-electron chi connectivity index (χ4n) is 1.37. The highest BCUT2D eigenvalue weighted by atomic mass is 35.5. The maximum absolute atomic E-state index is 12.0. The van der Waals surface area contributed by atoms with E-state index in [-0.39, 0.29) is 18.2 Å². The van der Waals surface area contributed by atoms with Crippen molar-refractivity contribution in [1.82, 2.24) is 15.1 Å². The second kappa shape index (κ2) is 7.07. The number of hydrogen-bond acceptors (Lipinski definition) is 7. The van der Waals surface area contributed by atoms with E-state index in [0.717, 1.165) is 9.21 Å². The number of thiophene rings is 1. The minimum absolute atomic E-state index is 0.0213. The molecule has 2 aromatic rings. The highest BCUT2D eigenvalue weighted by Gasteiger charge is 2.13. The lowest BCUT2D eigenvalue weighted by Gasteiger charge is -2.15. The first-order chi connectivity index (χ1) is 9.58. The largest absolute Gasteiger partial charge is 0.415 e. The van der Waals surface area contributed by atoms with Crippen molar-refractivity contribution in [2.45, 2.75) is 18.3 Å². The third-order valence-corrected chi connectivity index (χ3v) is 4.41. The van der Waals surface area contributed by atoms with Crippen LogP contribution in [0.1, 0.15) is 10.8 Å². The van der Waals surface area contributed by atoms with E-state index in [4.69, 9.17) is 21.8 Å². The summed E-state index contributed by atoms with van der Waals surface area (Å²) in [5.74, 6) is 0.579. The Morgan fingerprint density at radius 2 is 2.35 bits per heavy atom. The van der Waals surface area contributed by atoms with E-state index < -0.39 is 0 Å². The summed E-state index contributed by atoms with van der Waals surface area (Å²) in [5, 5.41) is 7.87. The molecule has 0 aliphatic rings. The molecular weight excluding hydrogens is 320 g/mol. The van der Waals surface area contributed by atoms with Crippen LogP contribution in [0.15, 0.2) is 21.8 Å². The highest BCUT2D eigenvalue weighted by molar-refractivity contribution is 7.99. The first-order valence-corrected chi connectivity index (χ1v) is 7.90. The van der Waals surface area contributed by atoms with E-state index in [1.165, 1.54) is 23.1 Å². The van der Waals surface area contributed by atoms with Gasteiger partial charge < -0.3 is 15.1 Å². The molecule has 2 heterocycles. The summed E-state index contributed by atoms with van der Waals surface area (Å²) in [6.45, 7) is 0.731. The average Bonchev–Trinajstić information content (AvgIpc) is 3.04. The molecule has 20 heavy (non-hydrogen) atoms. The van der Waals surface area contributed by atoms with Crippen molar-refractivity contribution >= 4 is 40.6 Å². The van der Waals surface area contributed by atoms with Crippen molar-refractivity contribution in [3.8, 4) is 0 Å². The van der Waals surface area contributed by atoms with Crippen LogP contribution in [-0.4, -0.2) is 33.8 Å². The van der Waals surface area contributed by atoms with Crippen molar-refractivity contribution in [1.29, 1.82) is 0 Å². The fraction of sp³-hybridized carbons (Fsp3) is 0.364. The first-order valence-electron chi connectivity index (χ1n) is 5.72. The number of nitrogens with two attached hydrogens (primary N) is 1. The molecule has 0 unspecified atom stereocenters. The second-order valence-electron chi connectivity index (χ2n) is 3.91. The summed E-state index contributed by atoms with van der Waals surface area (Å²) < 4.78 is 5.93. The van der Waals surface area contributed by atoms with E-state index in [0.29, 0.717) is 17.7 Å². The normalized spacial score (nSPS) is 10.8. The molecule has 0 radical (unpaired) electrons. The van der Waals surface area contributed by atoms with Crippen molar-refractivity contribution in [2.24, 2.45) is 5.73 Å². The molecule has 0 aliphatic heterocycles. The number of nitrogens with zero attached hydrogens (tertiary/aromatic N) is 3. The SMILES string of the molecule is CN(Cc1ccc(Cl)s1)C(=O)CSc1nnc(CN)o1. The van der Waals surface area contributed by atoms with E-state index >= 15 is 0 Å². The second-order valence-corrected chi connectivity index (χ2v) is 6.64. The van der Waals surface area contributed by atoms with Gasteiger partial charge in [-0.1, -0.05) is 23.4 Å². The highest BCUT2D eigenvalue weighted by Crippen LogP contribution is 2.23. The third kappa shape index (κ3) is 4.20. The van der Waals surface area contributed by atoms with Gasteiger partial charge in [-0.25, -0.2) is 0 Å². The van der Waals surface area contributed by atoms with Crippen LogP contribution >= 0.6 is 34.7 Å². The zero-order valence-electron chi connectivity index (χ0n) is 10.7. The Bertz CT molecular complexity index is 586. The molecule has 6 nitrogen and oxygen atoms in total. The summed E-state index contributed by atoms with van der Waals surface area (Å²) in [4.78, 5) is 14.6. The topological polar surface area (TPSA) is 85.2 Å². The lowest BCUT2D eigenvalue weighted by molar-refractivity contribution is -0.127. The number of amides is 1. The van der Waals surface area contributed by atoms with Gasteiger partial charge in [0.25, 0.3) is 5.22 Å². The van der Waals surface area contributed by atoms with Gasteiger partial charge >= 0.3 is 0 Å². The van der Waals surface area contributed by atoms with Crippen LogP contribution in [0.25, 0.3) is 0 Å².